The van der Waals surface area contributed by atoms with Gasteiger partial charge in [-0.3, -0.25) is 0 Å². The number of anilines is 1. The summed E-state index contributed by atoms with van der Waals surface area (Å²) in [5.74, 6) is 1.20. The largest absolute Gasteiger partial charge is 0.492 e. The van der Waals surface area contributed by atoms with Crippen LogP contribution in [0.1, 0.15) is 11.1 Å². The minimum Gasteiger partial charge on any atom is -0.492 e. The second-order valence-electron chi connectivity index (χ2n) is 5.14. The van der Waals surface area contributed by atoms with Crippen LogP contribution in [0.15, 0.2) is 53.5 Å². The molecule has 0 atom stereocenters. The molecule has 6 heteroatoms. The average molecular weight is 441 g/mol. The van der Waals surface area contributed by atoms with E-state index in [0.29, 0.717) is 25.7 Å². The van der Waals surface area contributed by atoms with E-state index >= 15 is 0 Å². The van der Waals surface area contributed by atoms with Crippen LogP contribution in [-0.4, -0.2) is 26.2 Å². The summed E-state index contributed by atoms with van der Waals surface area (Å²) in [5, 5.41) is 3.09. The van der Waals surface area contributed by atoms with Crippen LogP contribution in [0.3, 0.4) is 0 Å². The Labute approximate surface area is 160 Å². The van der Waals surface area contributed by atoms with Crippen LogP contribution in [-0.2, 0) is 11.3 Å². The number of aliphatic imine (C=N–C) groups is 1. The van der Waals surface area contributed by atoms with Crippen LogP contribution < -0.4 is 15.8 Å². The van der Waals surface area contributed by atoms with Gasteiger partial charge < -0.3 is 20.5 Å². The zero-order valence-corrected chi connectivity index (χ0v) is 16.3. The maximum Gasteiger partial charge on any atom is 0.193 e. The molecule has 130 valence electrons. The van der Waals surface area contributed by atoms with E-state index in [4.69, 9.17) is 15.2 Å². The van der Waals surface area contributed by atoms with E-state index < -0.39 is 0 Å². The third-order valence-electron chi connectivity index (χ3n) is 3.24. The number of para-hydroxylation sites is 1. The monoisotopic (exact) mass is 441 g/mol. The molecule has 0 amide bonds. The molecule has 0 spiro atoms. The summed E-state index contributed by atoms with van der Waals surface area (Å²) in [6.45, 7) is 3.53. The number of hydrogen-bond acceptors (Lipinski definition) is 3. The highest BCUT2D eigenvalue weighted by Crippen LogP contribution is 2.15. The Hall–Kier alpha value is -1.80. The number of halogens is 1. The number of aryl methyl sites for hydroxylation is 1. The molecule has 0 aliphatic rings. The van der Waals surface area contributed by atoms with Crippen LogP contribution in [0.5, 0.6) is 5.75 Å². The van der Waals surface area contributed by atoms with Crippen molar-refractivity contribution >= 4 is 35.6 Å². The summed E-state index contributed by atoms with van der Waals surface area (Å²) in [5.41, 5.74) is 9.05. The van der Waals surface area contributed by atoms with Crippen LogP contribution >= 0.6 is 24.0 Å². The molecule has 24 heavy (non-hydrogen) atoms. The second kappa shape index (κ2) is 10.9. The number of nitrogens with two attached hydrogens (primary N) is 1. The van der Waals surface area contributed by atoms with E-state index in [1.165, 1.54) is 5.56 Å². The fourth-order valence-corrected chi connectivity index (χ4v) is 2.07. The number of nitrogens with one attached hydrogen (secondary N) is 1. The zero-order valence-electron chi connectivity index (χ0n) is 14.0. The zero-order chi connectivity index (χ0) is 16.5. The van der Waals surface area contributed by atoms with Gasteiger partial charge in [0.2, 0.25) is 0 Å². The standard InChI is InChI=1S/C18H23N3O2.HI/c1-14-7-9-16(10-8-14)23-12-11-20-18(19)21-17-6-4-3-5-15(17)13-22-2;/h3-10H,11-13H2,1-2H3,(H3,19,20,21);1H. The van der Waals surface area contributed by atoms with Crippen LogP contribution in [0.2, 0.25) is 0 Å². The van der Waals surface area contributed by atoms with Crippen molar-refractivity contribution in [2.45, 2.75) is 13.5 Å². The summed E-state index contributed by atoms with van der Waals surface area (Å²) in [4.78, 5) is 4.27. The van der Waals surface area contributed by atoms with Crippen LogP contribution in [0.25, 0.3) is 0 Å². The first-order chi connectivity index (χ1) is 11.2. The topological polar surface area (TPSA) is 68.9 Å². The molecule has 0 fully saturated rings. The molecule has 0 aliphatic carbocycles. The SMILES string of the molecule is COCc1ccccc1NC(N)=NCCOc1ccc(C)cc1.I. The molecule has 0 aromatic heterocycles. The molecule has 3 N–H and O–H groups in total. The first-order valence-corrected chi connectivity index (χ1v) is 7.52. The number of rotatable bonds is 7. The summed E-state index contributed by atoms with van der Waals surface area (Å²) < 4.78 is 10.8. The predicted molar refractivity (Wildman–Crippen MR) is 109 cm³/mol. The summed E-state index contributed by atoms with van der Waals surface area (Å²) in [6.07, 6.45) is 0. The average Bonchev–Trinajstić information content (AvgIpc) is 2.55. The number of guanidine groups is 1. The van der Waals surface area contributed by atoms with Gasteiger partial charge in [-0.15, -0.1) is 24.0 Å². The highest BCUT2D eigenvalue weighted by molar-refractivity contribution is 14.0. The first-order valence-electron chi connectivity index (χ1n) is 7.52. The van der Waals surface area contributed by atoms with Gasteiger partial charge in [0.1, 0.15) is 12.4 Å². The lowest BCUT2D eigenvalue weighted by Gasteiger charge is -2.11. The second-order valence-corrected chi connectivity index (χ2v) is 5.14. The number of benzene rings is 2. The molecule has 2 aromatic carbocycles. The van der Waals surface area contributed by atoms with Crippen molar-refractivity contribution in [1.29, 1.82) is 0 Å². The fraction of sp³-hybridized carbons (Fsp3) is 0.278. The molecule has 0 saturated carbocycles. The molecule has 2 rings (SSSR count). The van der Waals surface area contributed by atoms with Gasteiger partial charge in [0.25, 0.3) is 0 Å². The molecule has 0 heterocycles. The molecule has 0 saturated heterocycles. The van der Waals surface area contributed by atoms with E-state index in [2.05, 4.69) is 10.3 Å². The normalized spacial score (nSPS) is 10.8. The number of nitrogens with zero attached hydrogens (tertiary/aromatic N) is 1. The Kier molecular flexibility index (Phi) is 9.18. The molecule has 0 radical (unpaired) electrons. The van der Waals surface area contributed by atoms with Crippen molar-refractivity contribution < 1.29 is 9.47 Å². The third-order valence-corrected chi connectivity index (χ3v) is 3.24. The van der Waals surface area contributed by atoms with Crippen molar-refractivity contribution in [3.8, 4) is 5.75 Å². The lowest BCUT2D eigenvalue weighted by molar-refractivity contribution is 0.185. The summed E-state index contributed by atoms with van der Waals surface area (Å²) >= 11 is 0. The molecular formula is C18H24IN3O2. The molecule has 5 nitrogen and oxygen atoms in total. The quantitative estimate of drug-likeness (QED) is 0.299. The van der Waals surface area contributed by atoms with Crippen molar-refractivity contribution in [2.24, 2.45) is 10.7 Å². The minimum atomic E-state index is 0. The fourth-order valence-electron chi connectivity index (χ4n) is 2.07. The van der Waals surface area contributed by atoms with E-state index in [-0.39, 0.29) is 24.0 Å². The lowest BCUT2D eigenvalue weighted by atomic mass is 10.2. The Morgan fingerprint density at radius 1 is 1.12 bits per heavy atom. The third kappa shape index (κ3) is 6.76. The van der Waals surface area contributed by atoms with Gasteiger partial charge in [-0.05, 0) is 25.1 Å². The van der Waals surface area contributed by atoms with Gasteiger partial charge in [-0.2, -0.15) is 0 Å². The van der Waals surface area contributed by atoms with E-state index in [0.717, 1.165) is 17.0 Å². The Morgan fingerprint density at radius 3 is 2.54 bits per heavy atom. The van der Waals surface area contributed by atoms with Crippen LogP contribution in [0.4, 0.5) is 5.69 Å². The smallest absolute Gasteiger partial charge is 0.193 e. The van der Waals surface area contributed by atoms with E-state index in [9.17, 15) is 0 Å². The maximum atomic E-state index is 5.91. The van der Waals surface area contributed by atoms with Crippen molar-refractivity contribution in [3.63, 3.8) is 0 Å². The van der Waals surface area contributed by atoms with Crippen LogP contribution in [0, 0.1) is 6.92 Å². The van der Waals surface area contributed by atoms with Gasteiger partial charge in [0.05, 0.1) is 13.2 Å². The molecule has 0 bridgehead atoms. The minimum absolute atomic E-state index is 0. The van der Waals surface area contributed by atoms with Crippen molar-refractivity contribution in [1.82, 2.24) is 0 Å². The predicted octanol–water partition coefficient (Wildman–Crippen LogP) is 3.57. The Balaban J connectivity index is 0.00000288. The lowest BCUT2D eigenvalue weighted by Crippen LogP contribution is -2.24. The summed E-state index contributed by atoms with van der Waals surface area (Å²) in [6, 6.07) is 15.8. The number of hydrogen-bond donors (Lipinski definition) is 2. The highest BCUT2D eigenvalue weighted by atomic mass is 127. The van der Waals surface area contributed by atoms with Crippen molar-refractivity contribution in [2.75, 3.05) is 25.6 Å². The van der Waals surface area contributed by atoms with Gasteiger partial charge in [-0.25, -0.2) is 4.99 Å². The maximum absolute atomic E-state index is 5.91. The highest BCUT2D eigenvalue weighted by Gasteiger charge is 2.02. The molecule has 0 unspecified atom stereocenters. The Bertz CT molecular complexity index is 645. The molecule has 0 aliphatic heterocycles. The van der Waals surface area contributed by atoms with E-state index in [1.54, 1.807) is 7.11 Å². The number of ether oxygens (including phenoxy) is 2. The summed E-state index contributed by atoms with van der Waals surface area (Å²) in [7, 11) is 1.66. The van der Waals surface area contributed by atoms with Crippen molar-refractivity contribution in [3.05, 3.63) is 59.7 Å². The van der Waals surface area contributed by atoms with E-state index in [1.807, 2.05) is 55.5 Å². The van der Waals surface area contributed by atoms with Gasteiger partial charge >= 0.3 is 0 Å². The molecule has 2 aromatic rings. The van der Waals surface area contributed by atoms with Gasteiger partial charge in [0, 0.05) is 18.4 Å². The van der Waals surface area contributed by atoms with Gasteiger partial charge in [-0.1, -0.05) is 35.9 Å². The molecular weight excluding hydrogens is 417 g/mol. The Morgan fingerprint density at radius 2 is 1.83 bits per heavy atom. The van der Waals surface area contributed by atoms with Gasteiger partial charge in [0.15, 0.2) is 5.96 Å². The first kappa shape index (κ1) is 20.2. The number of methoxy groups -OCH3 is 1.